The molecule has 1 aliphatic carbocycles. The van der Waals surface area contributed by atoms with Crippen LogP contribution in [0.1, 0.15) is 31.2 Å². The Morgan fingerprint density at radius 3 is 2.73 bits per heavy atom. The average molecular weight is 465 g/mol. The molecule has 3 aliphatic rings. The maximum absolute atomic E-state index is 12.5. The molecule has 160 valence electrons. The molecular formula is C21H24N2O4S3. The van der Waals surface area contributed by atoms with Crippen LogP contribution in [-0.2, 0) is 14.9 Å². The quantitative estimate of drug-likeness (QED) is 0.308. The van der Waals surface area contributed by atoms with Crippen LogP contribution in [0.4, 0.5) is 5.69 Å². The molecule has 1 amide bonds. The summed E-state index contributed by atoms with van der Waals surface area (Å²) in [4.78, 5) is 16.6. The van der Waals surface area contributed by atoms with Crippen LogP contribution in [0.3, 0.4) is 0 Å². The number of fused-ring (bicyclic) bond motifs is 1. The number of thiocarbonyl (C=S) groups is 1. The SMILES string of the molecule is O=C1C(=Cc2ccc(N3CCC4CCCC=C4C3)cc2)SC(=S)N1CCS(=O)(=O)O. The molecule has 0 aromatic heterocycles. The standard InChI is InChI=1S/C21H24N2O4S3/c24-20-19(29-21(28)23(20)11-12-30(25,26)27)13-15-5-7-18(8-6-15)22-10-9-16-3-1-2-4-17(16)14-22/h4-8,13,16H,1-3,9-12,14H2,(H,25,26,27). The second kappa shape index (κ2) is 8.82. The number of thioether (sulfide) groups is 1. The van der Waals surface area contributed by atoms with Crippen LogP contribution in [0, 0.1) is 5.92 Å². The largest absolute Gasteiger partial charge is 0.368 e. The third-order valence-corrected chi connectivity index (χ3v) is 7.89. The van der Waals surface area contributed by atoms with Crippen molar-refractivity contribution in [3.63, 3.8) is 0 Å². The van der Waals surface area contributed by atoms with E-state index in [1.54, 1.807) is 11.6 Å². The molecule has 2 saturated heterocycles. The van der Waals surface area contributed by atoms with Crippen molar-refractivity contribution in [1.82, 2.24) is 4.90 Å². The van der Waals surface area contributed by atoms with Crippen LogP contribution >= 0.6 is 24.0 Å². The van der Waals surface area contributed by atoms with Gasteiger partial charge in [-0.2, -0.15) is 8.42 Å². The molecule has 0 spiro atoms. The summed E-state index contributed by atoms with van der Waals surface area (Å²) in [5, 5.41) is 0. The van der Waals surface area contributed by atoms with Gasteiger partial charge in [0.2, 0.25) is 0 Å². The highest BCUT2D eigenvalue weighted by molar-refractivity contribution is 8.26. The van der Waals surface area contributed by atoms with Crippen LogP contribution in [0.15, 0.2) is 40.8 Å². The summed E-state index contributed by atoms with van der Waals surface area (Å²) in [5.41, 5.74) is 3.64. The fraction of sp³-hybridized carbons (Fsp3) is 0.429. The van der Waals surface area contributed by atoms with E-state index >= 15 is 0 Å². The number of allylic oxidation sites excluding steroid dienone is 1. The molecule has 6 nitrogen and oxygen atoms in total. The number of hydrogen-bond donors (Lipinski definition) is 1. The van der Waals surface area contributed by atoms with E-state index in [1.807, 2.05) is 12.1 Å². The topological polar surface area (TPSA) is 77.9 Å². The first kappa shape index (κ1) is 21.5. The second-order valence-corrected chi connectivity index (χ2v) is 11.1. The third kappa shape index (κ3) is 4.96. The Morgan fingerprint density at radius 1 is 1.23 bits per heavy atom. The summed E-state index contributed by atoms with van der Waals surface area (Å²) < 4.78 is 31.1. The maximum atomic E-state index is 12.5. The number of piperidine rings is 1. The molecule has 1 aromatic carbocycles. The Hall–Kier alpha value is -1.68. The summed E-state index contributed by atoms with van der Waals surface area (Å²) in [6, 6.07) is 8.13. The molecule has 30 heavy (non-hydrogen) atoms. The van der Waals surface area contributed by atoms with Crippen LogP contribution in [0.2, 0.25) is 0 Å². The fourth-order valence-electron chi connectivity index (χ4n) is 4.19. The first-order valence-corrected chi connectivity index (χ1v) is 12.9. The molecule has 1 unspecified atom stereocenters. The molecule has 0 radical (unpaired) electrons. The Labute approximate surface area is 186 Å². The Bertz CT molecular complexity index is 1020. The van der Waals surface area contributed by atoms with Gasteiger partial charge in [0.05, 0.1) is 10.7 Å². The van der Waals surface area contributed by atoms with Gasteiger partial charge < -0.3 is 4.90 Å². The molecule has 2 aliphatic heterocycles. The summed E-state index contributed by atoms with van der Waals surface area (Å²) in [7, 11) is -4.15. The minimum absolute atomic E-state index is 0.147. The second-order valence-electron chi connectivity index (χ2n) is 7.83. The number of benzene rings is 1. The van der Waals surface area contributed by atoms with Crippen molar-refractivity contribution in [2.75, 3.05) is 30.3 Å². The lowest BCUT2D eigenvalue weighted by Crippen LogP contribution is -2.36. The number of anilines is 1. The highest BCUT2D eigenvalue weighted by Gasteiger charge is 2.32. The van der Waals surface area contributed by atoms with E-state index in [1.165, 1.54) is 36.3 Å². The summed E-state index contributed by atoms with van der Waals surface area (Å²) in [6.45, 7) is 1.91. The molecule has 1 N–H and O–H groups in total. The van der Waals surface area contributed by atoms with Gasteiger partial charge in [-0.15, -0.1) is 0 Å². The van der Waals surface area contributed by atoms with Gasteiger partial charge >= 0.3 is 0 Å². The lowest BCUT2D eigenvalue weighted by atomic mass is 9.82. The zero-order chi connectivity index (χ0) is 21.3. The average Bonchev–Trinajstić information content (AvgIpc) is 2.98. The van der Waals surface area contributed by atoms with E-state index in [4.69, 9.17) is 16.8 Å². The lowest BCUT2D eigenvalue weighted by molar-refractivity contribution is -0.121. The third-order valence-electron chi connectivity index (χ3n) is 5.81. The van der Waals surface area contributed by atoms with E-state index in [9.17, 15) is 13.2 Å². The summed E-state index contributed by atoms with van der Waals surface area (Å²) >= 11 is 6.34. The molecule has 2 fully saturated rings. The monoisotopic (exact) mass is 464 g/mol. The fourth-order valence-corrected chi connectivity index (χ4v) is 5.91. The van der Waals surface area contributed by atoms with Crippen molar-refractivity contribution < 1.29 is 17.8 Å². The predicted molar refractivity (Wildman–Crippen MR) is 125 cm³/mol. The molecule has 2 heterocycles. The zero-order valence-electron chi connectivity index (χ0n) is 16.5. The van der Waals surface area contributed by atoms with Crippen LogP contribution in [0.25, 0.3) is 6.08 Å². The number of carbonyl (C=O) groups excluding carboxylic acids is 1. The van der Waals surface area contributed by atoms with Crippen molar-refractivity contribution in [1.29, 1.82) is 0 Å². The van der Waals surface area contributed by atoms with Gasteiger partial charge in [0.1, 0.15) is 4.32 Å². The van der Waals surface area contributed by atoms with Crippen molar-refractivity contribution in [2.24, 2.45) is 5.92 Å². The van der Waals surface area contributed by atoms with E-state index < -0.39 is 15.9 Å². The van der Waals surface area contributed by atoms with Crippen LogP contribution in [-0.4, -0.2) is 53.5 Å². The minimum Gasteiger partial charge on any atom is -0.368 e. The summed E-state index contributed by atoms with van der Waals surface area (Å²) in [5.74, 6) is -0.102. The van der Waals surface area contributed by atoms with Gasteiger partial charge in [-0.25, -0.2) is 0 Å². The number of amides is 1. The number of carbonyl (C=O) groups is 1. The zero-order valence-corrected chi connectivity index (χ0v) is 18.9. The Balaban J connectivity index is 1.43. The molecule has 0 saturated carbocycles. The van der Waals surface area contributed by atoms with Crippen molar-refractivity contribution in [3.05, 3.63) is 46.4 Å². The molecular weight excluding hydrogens is 440 g/mol. The van der Waals surface area contributed by atoms with E-state index in [2.05, 4.69) is 23.1 Å². The first-order valence-electron chi connectivity index (χ1n) is 10.0. The van der Waals surface area contributed by atoms with Gasteiger partial charge in [0, 0.05) is 25.3 Å². The summed E-state index contributed by atoms with van der Waals surface area (Å²) in [6.07, 6.45) is 9.22. The normalized spacial score (nSPS) is 23.7. The molecule has 9 heteroatoms. The van der Waals surface area contributed by atoms with Crippen LogP contribution < -0.4 is 4.90 Å². The predicted octanol–water partition coefficient (Wildman–Crippen LogP) is 3.71. The van der Waals surface area contributed by atoms with E-state index in [-0.39, 0.29) is 12.5 Å². The van der Waals surface area contributed by atoms with Crippen molar-refractivity contribution in [3.8, 4) is 0 Å². The molecule has 1 aromatic rings. The van der Waals surface area contributed by atoms with E-state index in [0.29, 0.717) is 9.23 Å². The molecule has 4 rings (SSSR count). The van der Waals surface area contributed by atoms with Gasteiger partial charge in [0.25, 0.3) is 16.0 Å². The number of hydrogen-bond acceptors (Lipinski definition) is 6. The molecule has 1 atom stereocenters. The van der Waals surface area contributed by atoms with Gasteiger partial charge in [-0.3, -0.25) is 14.2 Å². The van der Waals surface area contributed by atoms with Crippen molar-refractivity contribution >= 4 is 56.1 Å². The highest BCUT2D eigenvalue weighted by Crippen LogP contribution is 2.35. The Morgan fingerprint density at radius 2 is 2.00 bits per heavy atom. The number of nitrogens with zero attached hydrogens (tertiary/aromatic N) is 2. The van der Waals surface area contributed by atoms with E-state index in [0.717, 1.165) is 36.3 Å². The Kier molecular flexibility index (Phi) is 6.34. The first-order chi connectivity index (χ1) is 14.3. The van der Waals surface area contributed by atoms with Crippen LogP contribution in [0.5, 0.6) is 0 Å². The minimum atomic E-state index is -4.15. The van der Waals surface area contributed by atoms with Gasteiger partial charge in [-0.05, 0) is 55.4 Å². The number of rotatable bonds is 5. The van der Waals surface area contributed by atoms with Gasteiger partial charge in [-0.1, -0.05) is 47.8 Å². The van der Waals surface area contributed by atoms with Gasteiger partial charge in [0.15, 0.2) is 0 Å². The molecule has 0 bridgehead atoms. The lowest BCUT2D eigenvalue weighted by Gasteiger charge is -2.37. The smallest absolute Gasteiger partial charge is 0.266 e. The van der Waals surface area contributed by atoms with Crippen molar-refractivity contribution in [2.45, 2.75) is 25.7 Å². The maximum Gasteiger partial charge on any atom is 0.266 e. The highest BCUT2D eigenvalue weighted by atomic mass is 32.2.